The Labute approximate surface area is 171 Å². The SMILES string of the molecule is COCCNCCNC(=O)c1cn(-c2ccccc2)nc1-c1ccc(C)cc1C. The van der Waals surface area contributed by atoms with Crippen LogP contribution in [0.5, 0.6) is 0 Å². The molecular weight excluding hydrogens is 364 g/mol. The van der Waals surface area contributed by atoms with Gasteiger partial charge in [-0.15, -0.1) is 0 Å². The second kappa shape index (κ2) is 10.0. The van der Waals surface area contributed by atoms with Gasteiger partial charge in [0.25, 0.3) is 5.91 Å². The van der Waals surface area contributed by atoms with Crippen molar-refractivity contribution in [3.05, 3.63) is 71.4 Å². The van der Waals surface area contributed by atoms with Crippen LogP contribution in [0.15, 0.2) is 54.7 Å². The molecule has 1 aromatic heterocycles. The number of rotatable bonds is 9. The summed E-state index contributed by atoms with van der Waals surface area (Å²) in [6.45, 7) is 6.72. The van der Waals surface area contributed by atoms with E-state index in [9.17, 15) is 4.79 Å². The molecule has 29 heavy (non-hydrogen) atoms. The third-order valence-electron chi connectivity index (χ3n) is 4.69. The number of nitrogens with zero attached hydrogens (tertiary/aromatic N) is 2. The quantitative estimate of drug-likeness (QED) is 0.549. The third-order valence-corrected chi connectivity index (χ3v) is 4.69. The Bertz CT molecular complexity index is 951. The van der Waals surface area contributed by atoms with Crippen LogP contribution in [0, 0.1) is 13.8 Å². The van der Waals surface area contributed by atoms with Crippen molar-refractivity contribution in [3.8, 4) is 16.9 Å². The van der Waals surface area contributed by atoms with Gasteiger partial charge in [0.05, 0.1) is 17.9 Å². The summed E-state index contributed by atoms with van der Waals surface area (Å²) in [6.07, 6.45) is 1.80. The number of ether oxygens (including phenoxy) is 1. The molecule has 0 bridgehead atoms. The maximum Gasteiger partial charge on any atom is 0.255 e. The lowest BCUT2D eigenvalue weighted by atomic mass is 10.0. The van der Waals surface area contributed by atoms with E-state index in [0.717, 1.165) is 23.4 Å². The average molecular weight is 393 g/mol. The smallest absolute Gasteiger partial charge is 0.255 e. The molecule has 3 aromatic rings. The molecule has 0 radical (unpaired) electrons. The van der Waals surface area contributed by atoms with Crippen molar-refractivity contribution >= 4 is 5.91 Å². The van der Waals surface area contributed by atoms with Crippen LogP contribution in [-0.4, -0.2) is 49.0 Å². The first kappa shape index (κ1) is 20.8. The first-order valence-corrected chi connectivity index (χ1v) is 9.80. The number of carbonyl (C=O) groups excluding carboxylic acids is 1. The number of nitrogens with one attached hydrogen (secondary N) is 2. The summed E-state index contributed by atoms with van der Waals surface area (Å²) in [7, 11) is 1.67. The highest BCUT2D eigenvalue weighted by molar-refractivity contribution is 6.00. The largest absolute Gasteiger partial charge is 0.383 e. The zero-order valence-corrected chi connectivity index (χ0v) is 17.2. The zero-order valence-electron chi connectivity index (χ0n) is 17.2. The van der Waals surface area contributed by atoms with Crippen LogP contribution in [0.1, 0.15) is 21.5 Å². The third kappa shape index (κ3) is 5.31. The molecule has 0 fully saturated rings. The number of hydrogen-bond acceptors (Lipinski definition) is 4. The van der Waals surface area contributed by atoms with E-state index in [1.807, 2.05) is 49.4 Å². The predicted octanol–water partition coefficient (Wildman–Crippen LogP) is 3.12. The minimum atomic E-state index is -0.129. The molecule has 152 valence electrons. The van der Waals surface area contributed by atoms with Crippen LogP contribution in [-0.2, 0) is 4.74 Å². The van der Waals surface area contributed by atoms with E-state index < -0.39 is 0 Å². The molecule has 0 aliphatic rings. The standard InChI is InChI=1S/C23H28N4O2/c1-17-9-10-20(18(2)15-17)22-21(23(28)25-12-11-24-13-14-29-3)16-27(26-22)19-7-5-4-6-8-19/h4-10,15-16,24H,11-14H2,1-3H3,(H,25,28). The van der Waals surface area contributed by atoms with E-state index >= 15 is 0 Å². The van der Waals surface area contributed by atoms with Crippen molar-refractivity contribution in [2.45, 2.75) is 13.8 Å². The normalized spacial score (nSPS) is 10.9. The molecule has 0 atom stereocenters. The minimum Gasteiger partial charge on any atom is -0.383 e. The highest BCUT2D eigenvalue weighted by atomic mass is 16.5. The average Bonchev–Trinajstić information content (AvgIpc) is 3.16. The lowest BCUT2D eigenvalue weighted by molar-refractivity contribution is 0.0954. The van der Waals surface area contributed by atoms with E-state index in [1.54, 1.807) is 18.0 Å². The first-order valence-electron chi connectivity index (χ1n) is 9.80. The number of aromatic nitrogens is 2. The van der Waals surface area contributed by atoms with Crippen molar-refractivity contribution in [1.29, 1.82) is 0 Å². The highest BCUT2D eigenvalue weighted by Crippen LogP contribution is 2.27. The van der Waals surface area contributed by atoms with Crippen molar-refractivity contribution in [1.82, 2.24) is 20.4 Å². The molecule has 0 aliphatic carbocycles. The molecule has 0 saturated carbocycles. The second-order valence-electron chi connectivity index (χ2n) is 6.99. The fraction of sp³-hybridized carbons (Fsp3) is 0.304. The predicted molar refractivity (Wildman–Crippen MR) is 116 cm³/mol. The van der Waals surface area contributed by atoms with Gasteiger partial charge in [0.1, 0.15) is 5.69 Å². The van der Waals surface area contributed by atoms with Gasteiger partial charge in [0.15, 0.2) is 0 Å². The van der Waals surface area contributed by atoms with Gasteiger partial charge in [0.2, 0.25) is 0 Å². The summed E-state index contributed by atoms with van der Waals surface area (Å²) in [5.74, 6) is -0.129. The first-order chi connectivity index (χ1) is 14.1. The van der Waals surface area contributed by atoms with E-state index in [2.05, 4.69) is 23.6 Å². The number of aryl methyl sites for hydroxylation is 2. The van der Waals surface area contributed by atoms with Crippen LogP contribution < -0.4 is 10.6 Å². The summed E-state index contributed by atoms with van der Waals surface area (Å²) < 4.78 is 6.77. The maximum absolute atomic E-state index is 12.9. The number of amides is 1. The molecule has 2 N–H and O–H groups in total. The van der Waals surface area contributed by atoms with Crippen LogP contribution in [0.4, 0.5) is 0 Å². The number of methoxy groups -OCH3 is 1. The maximum atomic E-state index is 12.9. The minimum absolute atomic E-state index is 0.129. The molecule has 0 saturated heterocycles. The number of para-hydroxylation sites is 1. The Morgan fingerprint density at radius 1 is 1.07 bits per heavy atom. The number of benzene rings is 2. The molecule has 0 aliphatic heterocycles. The van der Waals surface area contributed by atoms with E-state index in [1.165, 1.54) is 5.56 Å². The topological polar surface area (TPSA) is 68.2 Å². The lowest BCUT2D eigenvalue weighted by Gasteiger charge is -2.08. The zero-order chi connectivity index (χ0) is 20.6. The summed E-state index contributed by atoms with van der Waals surface area (Å²) >= 11 is 0. The number of carbonyl (C=O) groups is 1. The summed E-state index contributed by atoms with van der Waals surface area (Å²) in [5.41, 5.74) is 5.42. The van der Waals surface area contributed by atoms with Gasteiger partial charge in [-0.2, -0.15) is 5.10 Å². The second-order valence-corrected chi connectivity index (χ2v) is 6.99. The van der Waals surface area contributed by atoms with Crippen LogP contribution in [0.3, 0.4) is 0 Å². The molecule has 1 heterocycles. The van der Waals surface area contributed by atoms with E-state index in [0.29, 0.717) is 31.0 Å². The summed E-state index contributed by atoms with van der Waals surface area (Å²) in [5, 5.41) is 11.0. The molecule has 1 amide bonds. The van der Waals surface area contributed by atoms with Crippen molar-refractivity contribution in [2.75, 3.05) is 33.4 Å². The Morgan fingerprint density at radius 3 is 2.59 bits per heavy atom. The Morgan fingerprint density at radius 2 is 1.86 bits per heavy atom. The van der Waals surface area contributed by atoms with Gasteiger partial charge in [-0.05, 0) is 31.5 Å². The monoisotopic (exact) mass is 392 g/mol. The summed E-state index contributed by atoms with van der Waals surface area (Å²) in [6, 6.07) is 16.0. The van der Waals surface area contributed by atoms with Crippen LogP contribution in [0.2, 0.25) is 0 Å². The van der Waals surface area contributed by atoms with Crippen molar-refractivity contribution in [3.63, 3.8) is 0 Å². The van der Waals surface area contributed by atoms with Crippen LogP contribution >= 0.6 is 0 Å². The lowest BCUT2D eigenvalue weighted by Crippen LogP contribution is -2.33. The van der Waals surface area contributed by atoms with Crippen molar-refractivity contribution < 1.29 is 9.53 Å². The molecular formula is C23H28N4O2. The molecule has 6 heteroatoms. The van der Waals surface area contributed by atoms with Gasteiger partial charge in [0, 0.05) is 38.5 Å². The number of hydrogen-bond donors (Lipinski definition) is 2. The van der Waals surface area contributed by atoms with Gasteiger partial charge in [-0.1, -0.05) is 42.0 Å². The molecule has 0 unspecified atom stereocenters. The fourth-order valence-corrected chi connectivity index (χ4v) is 3.19. The molecule has 3 rings (SSSR count). The fourth-order valence-electron chi connectivity index (χ4n) is 3.19. The highest BCUT2D eigenvalue weighted by Gasteiger charge is 2.19. The molecule has 6 nitrogen and oxygen atoms in total. The summed E-state index contributed by atoms with van der Waals surface area (Å²) in [4.78, 5) is 12.9. The Balaban J connectivity index is 1.86. The Kier molecular flexibility index (Phi) is 7.16. The van der Waals surface area contributed by atoms with Gasteiger partial charge >= 0.3 is 0 Å². The van der Waals surface area contributed by atoms with Crippen LogP contribution in [0.25, 0.3) is 16.9 Å². The van der Waals surface area contributed by atoms with E-state index in [-0.39, 0.29) is 5.91 Å². The van der Waals surface area contributed by atoms with Gasteiger partial charge in [-0.3, -0.25) is 4.79 Å². The van der Waals surface area contributed by atoms with Gasteiger partial charge in [-0.25, -0.2) is 4.68 Å². The molecule has 2 aromatic carbocycles. The Hall–Kier alpha value is -2.96. The van der Waals surface area contributed by atoms with E-state index in [4.69, 9.17) is 9.84 Å². The van der Waals surface area contributed by atoms with Gasteiger partial charge < -0.3 is 15.4 Å². The van der Waals surface area contributed by atoms with Crippen molar-refractivity contribution in [2.24, 2.45) is 0 Å². The molecule has 0 spiro atoms.